The minimum atomic E-state index is 0.335. The van der Waals surface area contributed by atoms with Crippen LogP contribution in [0.5, 0.6) is 0 Å². The first-order valence-electron chi connectivity index (χ1n) is 8.78. The summed E-state index contributed by atoms with van der Waals surface area (Å²) in [6, 6.07) is 20.3. The monoisotopic (exact) mass is 313 g/mol. The van der Waals surface area contributed by atoms with E-state index in [2.05, 4.69) is 103 Å². The van der Waals surface area contributed by atoms with E-state index in [9.17, 15) is 0 Å². The maximum Gasteiger partial charge on any atom is 0.0620 e. The molecule has 0 amide bonds. The highest BCUT2D eigenvalue weighted by Crippen LogP contribution is 2.42. The quantitative estimate of drug-likeness (QED) is 0.645. The summed E-state index contributed by atoms with van der Waals surface area (Å²) in [4.78, 5) is 2.58. The van der Waals surface area contributed by atoms with E-state index in [1.54, 1.807) is 0 Å². The van der Waals surface area contributed by atoms with Crippen LogP contribution in [-0.4, -0.2) is 6.04 Å². The zero-order valence-corrected chi connectivity index (χ0v) is 14.0. The van der Waals surface area contributed by atoms with E-state index in [0.717, 1.165) is 6.42 Å². The average molecular weight is 313 g/mol. The Bertz CT molecular complexity index is 785. The van der Waals surface area contributed by atoms with E-state index in [1.165, 1.54) is 16.8 Å². The van der Waals surface area contributed by atoms with Gasteiger partial charge in [-0.2, -0.15) is 0 Å². The van der Waals surface area contributed by atoms with Crippen molar-refractivity contribution in [3.8, 4) is 0 Å². The van der Waals surface area contributed by atoms with E-state index in [4.69, 9.17) is 0 Å². The fraction of sp³-hybridized carbons (Fsp3) is 0.217. The minimum Gasteiger partial charge on any atom is -0.358 e. The van der Waals surface area contributed by atoms with Crippen molar-refractivity contribution in [2.24, 2.45) is 5.92 Å². The molecule has 4 rings (SSSR count). The number of anilines is 1. The molecule has 1 heteroatoms. The molecular formula is C23H23N. The molecule has 0 spiro atoms. The number of fused-ring (bicyclic) bond motifs is 3. The third-order valence-electron chi connectivity index (χ3n) is 5.08. The second-order valence-electron chi connectivity index (χ2n) is 6.63. The van der Waals surface area contributed by atoms with Crippen molar-refractivity contribution in [3.05, 3.63) is 96.1 Å². The van der Waals surface area contributed by atoms with Crippen LogP contribution in [0.25, 0.3) is 6.08 Å². The summed E-state index contributed by atoms with van der Waals surface area (Å²) in [5, 5.41) is 0. The van der Waals surface area contributed by atoms with Crippen molar-refractivity contribution in [1.29, 1.82) is 0 Å². The summed E-state index contributed by atoms with van der Waals surface area (Å²) in [7, 11) is 0. The molecule has 0 radical (unpaired) electrons. The highest BCUT2D eigenvalue weighted by molar-refractivity contribution is 5.62. The maximum atomic E-state index is 2.58. The number of nitrogens with zero attached hydrogens (tertiary/aromatic N) is 1. The molecule has 2 aliphatic rings. The molecule has 0 N–H and O–H groups in total. The Morgan fingerprint density at radius 2 is 1.67 bits per heavy atom. The predicted molar refractivity (Wildman–Crippen MR) is 103 cm³/mol. The first-order valence-corrected chi connectivity index (χ1v) is 8.78. The van der Waals surface area contributed by atoms with E-state index in [-0.39, 0.29) is 0 Å². The molecule has 120 valence electrons. The summed E-state index contributed by atoms with van der Waals surface area (Å²) in [6.45, 7) is 2.29. The average Bonchev–Trinajstić information content (AvgIpc) is 2.71. The fourth-order valence-corrected chi connectivity index (χ4v) is 3.94. The number of para-hydroxylation sites is 1. The normalized spacial score (nSPS) is 28.0. The Hall–Kier alpha value is -2.54. The van der Waals surface area contributed by atoms with Crippen LogP contribution in [-0.2, 0) is 0 Å². The first-order chi connectivity index (χ1) is 11.8. The van der Waals surface area contributed by atoms with Crippen LogP contribution in [0.4, 0.5) is 5.69 Å². The van der Waals surface area contributed by atoms with Crippen LogP contribution in [0.15, 0.2) is 85.0 Å². The largest absolute Gasteiger partial charge is 0.358 e. The Balaban J connectivity index is 1.88. The number of benzene rings is 2. The number of hydrogen-bond donors (Lipinski definition) is 0. The molecule has 1 heterocycles. The summed E-state index contributed by atoms with van der Waals surface area (Å²) >= 11 is 0. The lowest BCUT2D eigenvalue weighted by molar-refractivity contribution is 0.463. The highest BCUT2D eigenvalue weighted by atomic mass is 15.2. The highest BCUT2D eigenvalue weighted by Gasteiger charge is 2.33. The summed E-state index contributed by atoms with van der Waals surface area (Å²) < 4.78 is 0. The molecular weight excluding hydrogens is 290 g/mol. The van der Waals surface area contributed by atoms with Crippen molar-refractivity contribution < 1.29 is 0 Å². The van der Waals surface area contributed by atoms with Crippen LogP contribution in [0.2, 0.25) is 0 Å². The van der Waals surface area contributed by atoms with E-state index < -0.39 is 0 Å². The van der Waals surface area contributed by atoms with Gasteiger partial charge in [0.25, 0.3) is 0 Å². The van der Waals surface area contributed by atoms with Gasteiger partial charge in [-0.1, -0.05) is 78.9 Å². The molecule has 24 heavy (non-hydrogen) atoms. The fourth-order valence-electron chi connectivity index (χ4n) is 3.94. The summed E-state index contributed by atoms with van der Waals surface area (Å²) in [5.41, 5.74) is 4.07. The molecule has 0 fully saturated rings. The molecule has 3 atom stereocenters. The van der Waals surface area contributed by atoms with Gasteiger partial charge in [-0.05, 0) is 36.6 Å². The van der Waals surface area contributed by atoms with Crippen molar-refractivity contribution in [2.45, 2.75) is 25.4 Å². The predicted octanol–water partition coefficient (Wildman–Crippen LogP) is 5.78. The van der Waals surface area contributed by atoms with Crippen molar-refractivity contribution in [1.82, 2.24) is 0 Å². The lowest BCUT2D eigenvalue weighted by Crippen LogP contribution is -2.40. The second kappa shape index (κ2) is 6.52. The number of hydrogen-bond acceptors (Lipinski definition) is 1. The SMILES string of the molecule is CC1/C=C\C=C/CC2C=Cc3ccccc3C2N1c1ccccc1. The Morgan fingerprint density at radius 1 is 0.875 bits per heavy atom. The van der Waals surface area contributed by atoms with Gasteiger partial charge in [0, 0.05) is 17.6 Å². The van der Waals surface area contributed by atoms with Crippen LogP contribution in [0.3, 0.4) is 0 Å². The molecule has 0 aromatic heterocycles. The molecule has 1 nitrogen and oxygen atoms in total. The standard InChI is InChI=1S/C23H23N/c1-18-10-4-2-5-12-20-17-16-19-11-8-9-15-22(19)23(20)24(18)21-13-6-3-7-14-21/h2-11,13-18,20,23H,12H2,1H3/b5-2-,10-4-. The van der Waals surface area contributed by atoms with Crippen LogP contribution in [0.1, 0.15) is 30.5 Å². The van der Waals surface area contributed by atoms with Gasteiger partial charge in [0.05, 0.1) is 6.04 Å². The molecule has 1 aliphatic carbocycles. The Labute approximate surface area is 144 Å². The third kappa shape index (κ3) is 2.71. The summed E-state index contributed by atoms with van der Waals surface area (Å²) in [5.74, 6) is 0.485. The lowest BCUT2D eigenvalue weighted by atomic mass is 9.81. The molecule has 1 aliphatic heterocycles. The Kier molecular flexibility index (Phi) is 4.08. The van der Waals surface area contributed by atoms with Gasteiger partial charge in [-0.15, -0.1) is 0 Å². The number of rotatable bonds is 1. The van der Waals surface area contributed by atoms with Gasteiger partial charge in [0.1, 0.15) is 0 Å². The molecule has 0 saturated heterocycles. The topological polar surface area (TPSA) is 3.24 Å². The van der Waals surface area contributed by atoms with Crippen molar-refractivity contribution in [3.63, 3.8) is 0 Å². The van der Waals surface area contributed by atoms with E-state index >= 15 is 0 Å². The van der Waals surface area contributed by atoms with Crippen molar-refractivity contribution in [2.75, 3.05) is 4.90 Å². The second-order valence-corrected chi connectivity index (χ2v) is 6.63. The van der Waals surface area contributed by atoms with Gasteiger partial charge in [0.15, 0.2) is 0 Å². The molecule has 2 aromatic rings. The molecule has 0 bridgehead atoms. The van der Waals surface area contributed by atoms with Gasteiger partial charge < -0.3 is 4.90 Å². The van der Waals surface area contributed by atoms with Gasteiger partial charge in [-0.25, -0.2) is 0 Å². The first kappa shape index (κ1) is 15.0. The molecule has 3 unspecified atom stereocenters. The minimum absolute atomic E-state index is 0.335. The van der Waals surface area contributed by atoms with Gasteiger partial charge in [-0.3, -0.25) is 0 Å². The zero-order valence-electron chi connectivity index (χ0n) is 14.0. The van der Waals surface area contributed by atoms with Crippen LogP contribution < -0.4 is 4.90 Å². The van der Waals surface area contributed by atoms with Crippen LogP contribution in [0, 0.1) is 5.92 Å². The van der Waals surface area contributed by atoms with E-state index in [0.29, 0.717) is 18.0 Å². The lowest BCUT2D eigenvalue weighted by Gasteiger charge is -2.43. The Morgan fingerprint density at radius 3 is 2.54 bits per heavy atom. The number of allylic oxidation sites excluding steroid dienone is 3. The van der Waals surface area contributed by atoms with Crippen molar-refractivity contribution >= 4 is 11.8 Å². The molecule has 2 aromatic carbocycles. The zero-order chi connectivity index (χ0) is 16.4. The van der Waals surface area contributed by atoms with Gasteiger partial charge >= 0.3 is 0 Å². The van der Waals surface area contributed by atoms with Gasteiger partial charge in [0.2, 0.25) is 0 Å². The van der Waals surface area contributed by atoms with E-state index in [1.807, 2.05) is 0 Å². The molecule has 0 saturated carbocycles. The van der Waals surface area contributed by atoms with Crippen LogP contribution >= 0.6 is 0 Å². The summed E-state index contributed by atoms with van der Waals surface area (Å²) in [6.07, 6.45) is 14.7. The third-order valence-corrected chi connectivity index (χ3v) is 5.08. The maximum absolute atomic E-state index is 2.58. The smallest absolute Gasteiger partial charge is 0.0620 e.